The number of aryl methyl sites for hydroxylation is 3. The summed E-state index contributed by atoms with van der Waals surface area (Å²) in [6.07, 6.45) is 13.5. The lowest BCUT2D eigenvalue weighted by molar-refractivity contribution is -0.138. The summed E-state index contributed by atoms with van der Waals surface area (Å²) in [6.45, 7) is 5.72. The largest absolute Gasteiger partial charge is 0.480 e. The zero-order valence-electron chi connectivity index (χ0n) is 65.0. The van der Waals surface area contributed by atoms with Gasteiger partial charge in [0.05, 0.1) is 36.7 Å². The zero-order valence-corrected chi connectivity index (χ0v) is 69.0. The number of Topliss-reactive ketones (excluding diaryl/α,β-unsaturated/α-hetero) is 3. The molecule has 29 heteroatoms. The number of anilines is 3. The minimum Gasteiger partial charge on any atom is -0.480 e. The highest BCUT2D eigenvalue weighted by Crippen LogP contribution is 2.32. The van der Waals surface area contributed by atoms with E-state index in [1.54, 1.807) is 75.3 Å². The van der Waals surface area contributed by atoms with Crippen molar-refractivity contribution in [3.05, 3.63) is 256 Å². The number of benzene rings is 6. The number of amides is 5. The molecule has 3 saturated heterocycles. The normalized spacial score (nSPS) is 16.5. The van der Waals surface area contributed by atoms with Crippen LogP contribution in [-0.4, -0.2) is 167 Å². The number of pyridine rings is 2. The number of likely N-dealkylation sites (tertiary alicyclic amines) is 2. The van der Waals surface area contributed by atoms with Crippen molar-refractivity contribution in [2.24, 2.45) is 0 Å². The van der Waals surface area contributed by atoms with Crippen LogP contribution in [0.1, 0.15) is 107 Å². The van der Waals surface area contributed by atoms with Crippen molar-refractivity contribution in [2.75, 3.05) is 50.3 Å². The van der Waals surface area contributed by atoms with E-state index in [0.29, 0.717) is 65.9 Å². The molecule has 0 bridgehead atoms. The molecular formula is C88H95Br2ClF3N13O10. The minimum absolute atomic E-state index is 0. The number of aromatic nitrogens is 5. The van der Waals surface area contributed by atoms with Crippen molar-refractivity contribution >= 4 is 147 Å². The van der Waals surface area contributed by atoms with E-state index in [0.717, 1.165) is 80.7 Å². The van der Waals surface area contributed by atoms with Gasteiger partial charge >= 0.3 is 5.97 Å². The number of carbonyl (C=O) groups excluding carboxylic acids is 8. The van der Waals surface area contributed by atoms with E-state index in [-0.39, 0.29) is 111 Å². The number of ketones is 3. The number of nitrogens with one attached hydrogen (secondary N) is 5. The number of nitrogen functional groups attached to an aromatic ring is 1. The number of carbonyl (C=O) groups is 9. The van der Waals surface area contributed by atoms with E-state index in [1.165, 1.54) is 47.3 Å². The summed E-state index contributed by atoms with van der Waals surface area (Å²) in [6, 6.07) is 51.9. The predicted octanol–water partition coefficient (Wildman–Crippen LogP) is 14.2. The highest BCUT2D eigenvalue weighted by molar-refractivity contribution is 9.10. The second-order valence-corrected chi connectivity index (χ2v) is 30.3. The SMILES string of the molecule is CC(=O)c1cn(CC(=O)N2C[C@H](F)C[C@H]2C(=O)NCCCc2ccccc2)c2ccc(Br)cc12.CC(=O)c1cn(CC(=O)N2C[C@H](F)C[C@H]2C(=O)NCCCc2ccccc2)c2ccc(Nc3cccnc3)cc12.CC(=O)c1cn(CC(=O)O)c2ccc(Br)cc12.Cl.Nc1cccnc1.O=C(NCCCc1ccccc1)[C@@H]1C[C@@H](F)CN1. The van der Waals surface area contributed by atoms with Crippen molar-refractivity contribution in [3.63, 3.8) is 0 Å². The lowest BCUT2D eigenvalue weighted by Crippen LogP contribution is -2.47. The van der Waals surface area contributed by atoms with E-state index >= 15 is 0 Å². The van der Waals surface area contributed by atoms with Crippen LogP contribution in [0, 0.1) is 0 Å². The minimum atomic E-state index is -1.26. The van der Waals surface area contributed by atoms with Crippen LogP contribution >= 0.6 is 44.3 Å². The van der Waals surface area contributed by atoms with E-state index in [2.05, 4.69) is 80.5 Å². The Morgan fingerprint density at radius 3 is 1.25 bits per heavy atom. The Morgan fingerprint density at radius 1 is 0.479 bits per heavy atom. The van der Waals surface area contributed by atoms with Crippen LogP contribution in [0.5, 0.6) is 0 Å². The summed E-state index contributed by atoms with van der Waals surface area (Å²) >= 11 is 6.76. The number of nitrogens with two attached hydrogens (primary N) is 1. The summed E-state index contributed by atoms with van der Waals surface area (Å²) in [5.41, 5.74) is 15.0. The first kappa shape index (κ1) is 89.6. The Morgan fingerprint density at radius 2 is 0.880 bits per heavy atom. The smallest absolute Gasteiger partial charge is 0.323 e. The van der Waals surface area contributed by atoms with Crippen molar-refractivity contribution in [2.45, 2.75) is 135 Å². The standard InChI is InChI=1S/C31H32FN5O3.C26H27BrFN3O3.C14H19FN2O.C12H10BrNO3.C5H6N2.ClH/c1-21(38)27-19-36(28-12-11-24(16-26(27)28)35-25-10-6-13-33-17-25)20-30(39)37-18-23(32)15-29(37)31(40)34-14-5-9-22-7-3-2-4-8-22;1-17(32)22-15-30(23-10-9-19(27)12-21(22)23)16-25(33)31-14-20(28)13-24(31)26(34)29-11-5-8-18-6-3-2-4-7-18;15-12-9-13(17-10-12)14(18)16-8-4-7-11-5-2-1-3-6-11;1-7(15)10-5-14(6-12(16)17)11-3-2-8(13)4-9(10)11;6-5-2-1-3-7-4-5;/h2-4,6-8,10-13,16-17,19,23,29,35H,5,9,14-15,18,20H2,1H3,(H,34,40);2-4,6-7,9-10,12,15,20,24H,5,8,11,13-14,16H2,1H3,(H,29,34);1-3,5-6,12-13,17H,4,7-10H2,(H,16,18);2-5H,6H2,1H3,(H,16,17);1-4H,6H2;1H/t23-,29+;20-,24+;12-,13+;;;/m111.../s1. The molecule has 5 amide bonds. The van der Waals surface area contributed by atoms with Crippen LogP contribution in [0.15, 0.2) is 222 Å². The number of carboxylic acids is 1. The Balaban J connectivity index is 0.000000182. The van der Waals surface area contributed by atoms with Gasteiger partial charge < -0.3 is 60.9 Å². The number of aliphatic carboxylic acids is 1. The number of halogens is 6. The van der Waals surface area contributed by atoms with Gasteiger partial charge in [0, 0.05) is 147 Å². The maximum absolute atomic E-state index is 14.4. The molecule has 117 heavy (non-hydrogen) atoms. The molecule has 14 rings (SSSR count). The first-order valence-corrected chi connectivity index (χ1v) is 39.9. The lowest BCUT2D eigenvalue weighted by atomic mass is 10.1. The Kier molecular flexibility index (Phi) is 33.8. The number of alkyl halides is 3. The van der Waals surface area contributed by atoms with Gasteiger partial charge in [-0.3, -0.25) is 53.1 Å². The van der Waals surface area contributed by atoms with Crippen LogP contribution in [0.4, 0.5) is 30.2 Å². The molecule has 0 spiro atoms. The third-order valence-corrected chi connectivity index (χ3v) is 20.7. The zero-order chi connectivity index (χ0) is 82.8. The Bertz CT molecular complexity index is 5210. The van der Waals surface area contributed by atoms with Gasteiger partial charge in [0.1, 0.15) is 50.2 Å². The molecule has 3 fully saturated rings. The number of rotatable bonds is 26. The average molecular weight is 1750 g/mol. The van der Waals surface area contributed by atoms with Crippen molar-refractivity contribution in [1.82, 2.24) is 54.7 Å². The average Bonchev–Trinajstić information content (AvgIpc) is 1.64. The number of nitrogens with zero attached hydrogens (tertiary/aromatic N) is 7. The van der Waals surface area contributed by atoms with Gasteiger partial charge in [-0.1, -0.05) is 123 Å². The molecular weight excluding hydrogens is 1650 g/mol. The molecule has 3 aliphatic heterocycles. The molecule has 8 heterocycles. The third kappa shape index (κ3) is 26.1. The van der Waals surface area contributed by atoms with Crippen molar-refractivity contribution < 1.29 is 61.4 Å². The van der Waals surface area contributed by atoms with Crippen molar-refractivity contribution in [1.29, 1.82) is 0 Å². The Labute approximate surface area is 699 Å². The molecule has 11 aromatic rings. The number of carboxylic acid groups (broad SMARTS) is 1. The fourth-order valence-electron chi connectivity index (χ4n) is 14.1. The summed E-state index contributed by atoms with van der Waals surface area (Å²) < 4.78 is 48.3. The number of hydrogen-bond acceptors (Lipinski definition) is 14. The molecule has 5 aromatic heterocycles. The number of hydrogen-bond donors (Lipinski definition) is 7. The topological polar surface area (TPSA) is 307 Å². The van der Waals surface area contributed by atoms with E-state index < -0.39 is 36.6 Å². The molecule has 6 aromatic carbocycles. The van der Waals surface area contributed by atoms with Gasteiger partial charge in [-0.05, 0) is 155 Å². The van der Waals surface area contributed by atoms with E-state index in [1.807, 2.05) is 140 Å². The molecule has 614 valence electrons. The van der Waals surface area contributed by atoms with Crippen LogP contribution in [0.2, 0.25) is 0 Å². The molecule has 0 radical (unpaired) electrons. The van der Waals surface area contributed by atoms with Crippen LogP contribution in [-0.2, 0) is 67.7 Å². The highest BCUT2D eigenvalue weighted by atomic mass is 79.9. The fourth-order valence-corrected chi connectivity index (χ4v) is 14.8. The van der Waals surface area contributed by atoms with Gasteiger partial charge in [-0.25, -0.2) is 13.2 Å². The maximum atomic E-state index is 14.4. The van der Waals surface area contributed by atoms with E-state index in [9.17, 15) is 56.3 Å². The summed E-state index contributed by atoms with van der Waals surface area (Å²) in [5, 5.41) is 25.8. The monoisotopic (exact) mass is 1740 g/mol. The second-order valence-electron chi connectivity index (χ2n) is 28.5. The molecule has 6 atom stereocenters. The molecule has 8 N–H and O–H groups in total. The third-order valence-electron chi connectivity index (χ3n) is 19.7. The number of fused-ring (bicyclic) bond motifs is 3. The van der Waals surface area contributed by atoms with Gasteiger partial charge in [-0.2, -0.15) is 0 Å². The van der Waals surface area contributed by atoms with Gasteiger partial charge in [0.15, 0.2) is 17.3 Å². The van der Waals surface area contributed by atoms with Gasteiger partial charge in [0.2, 0.25) is 29.5 Å². The molecule has 0 aliphatic carbocycles. The fraction of sp³-hybridized carbons (Fsp3) is 0.307. The molecule has 23 nitrogen and oxygen atoms in total. The maximum Gasteiger partial charge on any atom is 0.323 e. The van der Waals surface area contributed by atoms with Gasteiger partial charge in [0.25, 0.3) is 0 Å². The summed E-state index contributed by atoms with van der Waals surface area (Å²) in [4.78, 5) is 121. The quantitative estimate of drug-likeness (QED) is 0.0196. The summed E-state index contributed by atoms with van der Waals surface area (Å²) in [7, 11) is 0. The summed E-state index contributed by atoms with van der Waals surface area (Å²) in [5.74, 6) is -2.70. The van der Waals surface area contributed by atoms with Gasteiger partial charge in [-0.15, -0.1) is 12.4 Å². The van der Waals surface area contributed by atoms with Crippen LogP contribution < -0.4 is 32.3 Å². The first-order chi connectivity index (χ1) is 55.8. The lowest BCUT2D eigenvalue weighted by Gasteiger charge is -2.24. The van der Waals surface area contributed by atoms with E-state index in [4.69, 9.17) is 10.8 Å². The second kappa shape index (κ2) is 44.1. The molecule has 0 saturated carbocycles. The Hall–Kier alpha value is -11.3. The van der Waals surface area contributed by atoms with Crippen LogP contribution in [0.3, 0.4) is 0 Å². The predicted molar refractivity (Wildman–Crippen MR) is 457 cm³/mol. The van der Waals surface area contributed by atoms with Crippen LogP contribution in [0.25, 0.3) is 32.7 Å². The molecule has 0 unspecified atom stereocenters. The molecule has 3 aliphatic rings. The first-order valence-electron chi connectivity index (χ1n) is 38.3. The van der Waals surface area contributed by atoms with Crippen molar-refractivity contribution in [3.8, 4) is 0 Å². The highest BCUT2D eigenvalue weighted by Gasteiger charge is 2.41.